The molecule has 1 aromatic rings. The van der Waals surface area contributed by atoms with Gasteiger partial charge < -0.3 is 10.4 Å². The second-order valence-corrected chi connectivity index (χ2v) is 5.68. The van der Waals surface area contributed by atoms with Crippen molar-refractivity contribution < 1.29 is 5.11 Å². The first-order valence-electron chi connectivity index (χ1n) is 6.98. The predicted molar refractivity (Wildman–Crippen MR) is 77.7 cm³/mol. The van der Waals surface area contributed by atoms with Gasteiger partial charge in [0.2, 0.25) is 0 Å². The number of hydrogen-bond acceptors (Lipinski definition) is 2. The van der Waals surface area contributed by atoms with E-state index in [-0.39, 0.29) is 0 Å². The summed E-state index contributed by atoms with van der Waals surface area (Å²) in [4.78, 5) is 0. The molecule has 0 saturated carbocycles. The third kappa shape index (κ3) is 4.79. The zero-order valence-electron chi connectivity index (χ0n) is 12.2. The molecule has 0 aliphatic carbocycles. The van der Waals surface area contributed by atoms with Gasteiger partial charge in [-0.2, -0.15) is 0 Å². The van der Waals surface area contributed by atoms with Crippen LogP contribution in [0, 0.1) is 5.92 Å². The summed E-state index contributed by atoms with van der Waals surface area (Å²) in [6.45, 7) is 10.3. The van der Waals surface area contributed by atoms with Gasteiger partial charge in [-0.05, 0) is 49.9 Å². The maximum atomic E-state index is 10.5. The maximum Gasteiger partial charge on any atom is 0.0880 e. The van der Waals surface area contributed by atoms with E-state index in [9.17, 15) is 5.11 Å². The standard InChI is InChI=1S/C16H27NO/c1-5-14-7-6-8-15(11-14)16(4,18)9-10-17-12-13(2)3/h6-8,11,13,17-18H,5,9-10,12H2,1-4H3. The molecule has 1 atom stereocenters. The minimum Gasteiger partial charge on any atom is -0.385 e. The Balaban J connectivity index is 2.56. The molecule has 2 N–H and O–H groups in total. The van der Waals surface area contributed by atoms with Crippen molar-refractivity contribution in [2.24, 2.45) is 5.92 Å². The van der Waals surface area contributed by atoms with E-state index in [1.807, 2.05) is 19.1 Å². The Hall–Kier alpha value is -0.860. The number of aliphatic hydroxyl groups is 1. The summed E-state index contributed by atoms with van der Waals surface area (Å²) in [6, 6.07) is 8.27. The van der Waals surface area contributed by atoms with Crippen molar-refractivity contribution in [3.05, 3.63) is 35.4 Å². The molecule has 0 bridgehead atoms. The lowest BCUT2D eigenvalue weighted by Crippen LogP contribution is -2.29. The summed E-state index contributed by atoms with van der Waals surface area (Å²) >= 11 is 0. The molecule has 0 radical (unpaired) electrons. The van der Waals surface area contributed by atoms with E-state index in [0.717, 1.165) is 31.5 Å². The Morgan fingerprint density at radius 1 is 1.33 bits per heavy atom. The first kappa shape index (κ1) is 15.2. The van der Waals surface area contributed by atoms with E-state index in [4.69, 9.17) is 0 Å². The number of rotatable bonds is 7. The average molecular weight is 249 g/mol. The molecule has 0 fully saturated rings. The molecule has 0 heterocycles. The Kier molecular flexibility index (Phi) is 5.83. The van der Waals surface area contributed by atoms with Crippen molar-refractivity contribution >= 4 is 0 Å². The second kappa shape index (κ2) is 6.91. The topological polar surface area (TPSA) is 32.3 Å². The fourth-order valence-electron chi connectivity index (χ4n) is 1.99. The van der Waals surface area contributed by atoms with Crippen LogP contribution in [0.2, 0.25) is 0 Å². The summed E-state index contributed by atoms with van der Waals surface area (Å²) in [6.07, 6.45) is 1.75. The lowest BCUT2D eigenvalue weighted by Gasteiger charge is -2.25. The van der Waals surface area contributed by atoms with Crippen LogP contribution in [0.25, 0.3) is 0 Å². The van der Waals surface area contributed by atoms with Gasteiger partial charge in [-0.3, -0.25) is 0 Å². The molecule has 18 heavy (non-hydrogen) atoms. The van der Waals surface area contributed by atoms with Crippen molar-refractivity contribution in [1.82, 2.24) is 5.32 Å². The number of benzene rings is 1. The van der Waals surface area contributed by atoms with Crippen LogP contribution in [0.15, 0.2) is 24.3 Å². The van der Waals surface area contributed by atoms with Gasteiger partial charge >= 0.3 is 0 Å². The fraction of sp³-hybridized carbons (Fsp3) is 0.625. The fourth-order valence-corrected chi connectivity index (χ4v) is 1.99. The van der Waals surface area contributed by atoms with E-state index >= 15 is 0 Å². The highest BCUT2D eigenvalue weighted by Gasteiger charge is 2.22. The molecular formula is C16H27NO. The molecule has 0 aliphatic heterocycles. The zero-order chi connectivity index (χ0) is 13.6. The van der Waals surface area contributed by atoms with Crippen LogP contribution in [0.1, 0.15) is 45.2 Å². The van der Waals surface area contributed by atoms with Gasteiger partial charge in [0.1, 0.15) is 0 Å². The quantitative estimate of drug-likeness (QED) is 0.728. The monoisotopic (exact) mass is 249 g/mol. The summed E-state index contributed by atoms with van der Waals surface area (Å²) in [5.41, 5.74) is 1.56. The molecule has 1 aromatic carbocycles. The van der Waals surface area contributed by atoms with Crippen LogP contribution in [-0.2, 0) is 12.0 Å². The summed E-state index contributed by atoms with van der Waals surface area (Å²) in [7, 11) is 0. The SMILES string of the molecule is CCc1cccc(C(C)(O)CCNCC(C)C)c1. The Labute approximate surface area is 111 Å². The maximum absolute atomic E-state index is 10.5. The highest BCUT2D eigenvalue weighted by atomic mass is 16.3. The molecule has 2 nitrogen and oxygen atoms in total. The normalized spacial score (nSPS) is 14.8. The van der Waals surface area contributed by atoms with Crippen molar-refractivity contribution in [3.63, 3.8) is 0 Å². The van der Waals surface area contributed by atoms with E-state index in [1.165, 1.54) is 5.56 Å². The van der Waals surface area contributed by atoms with E-state index in [1.54, 1.807) is 0 Å². The van der Waals surface area contributed by atoms with Crippen LogP contribution in [0.5, 0.6) is 0 Å². The van der Waals surface area contributed by atoms with Crippen molar-refractivity contribution in [2.45, 2.75) is 46.1 Å². The summed E-state index contributed by atoms with van der Waals surface area (Å²) in [5, 5.41) is 13.9. The average Bonchev–Trinajstić information content (AvgIpc) is 2.34. The van der Waals surface area contributed by atoms with Gasteiger partial charge in [-0.15, -0.1) is 0 Å². The molecule has 0 aromatic heterocycles. The van der Waals surface area contributed by atoms with Gasteiger partial charge in [0.25, 0.3) is 0 Å². The Morgan fingerprint density at radius 2 is 2.06 bits per heavy atom. The third-order valence-corrected chi connectivity index (χ3v) is 3.30. The highest BCUT2D eigenvalue weighted by Crippen LogP contribution is 2.24. The molecule has 0 saturated heterocycles. The van der Waals surface area contributed by atoms with Crippen LogP contribution < -0.4 is 5.32 Å². The van der Waals surface area contributed by atoms with E-state index in [2.05, 4.69) is 38.2 Å². The summed E-state index contributed by atoms with van der Waals surface area (Å²) in [5.74, 6) is 0.651. The number of nitrogens with one attached hydrogen (secondary N) is 1. The molecule has 1 rings (SSSR count). The molecule has 102 valence electrons. The van der Waals surface area contributed by atoms with Crippen molar-refractivity contribution in [1.29, 1.82) is 0 Å². The van der Waals surface area contributed by atoms with E-state index < -0.39 is 5.60 Å². The molecule has 1 unspecified atom stereocenters. The van der Waals surface area contributed by atoms with Gasteiger partial charge in [0.15, 0.2) is 0 Å². The van der Waals surface area contributed by atoms with Crippen LogP contribution in [-0.4, -0.2) is 18.2 Å². The first-order valence-corrected chi connectivity index (χ1v) is 6.98. The third-order valence-electron chi connectivity index (χ3n) is 3.30. The van der Waals surface area contributed by atoms with Crippen LogP contribution >= 0.6 is 0 Å². The largest absolute Gasteiger partial charge is 0.385 e. The Bertz CT molecular complexity index is 358. The molecule has 2 heteroatoms. The smallest absolute Gasteiger partial charge is 0.0880 e. The van der Waals surface area contributed by atoms with Gasteiger partial charge in [-0.1, -0.05) is 45.0 Å². The van der Waals surface area contributed by atoms with Crippen molar-refractivity contribution in [2.75, 3.05) is 13.1 Å². The minimum atomic E-state index is -0.741. The van der Waals surface area contributed by atoms with Crippen molar-refractivity contribution in [3.8, 4) is 0 Å². The Morgan fingerprint density at radius 3 is 2.67 bits per heavy atom. The lowest BCUT2D eigenvalue weighted by molar-refractivity contribution is 0.0478. The van der Waals surface area contributed by atoms with Gasteiger partial charge in [-0.25, -0.2) is 0 Å². The second-order valence-electron chi connectivity index (χ2n) is 5.68. The first-order chi connectivity index (χ1) is 8.45. The molecular weight excluding hydrogens is 222 g/mol. The predicted octanol–water partition coefficient (Wildman–Crippen LogP) is 3.09. The summed E-state index contributed by atoms with van der Waals surface area (Å²) < 4.78 is 0. The number of aryl methyl sites for hydroxylation is 1. The molecule has 0 spiro atoms. The van der Waals surface area contributed by atoms with Gasteiger partial charge in [0, 0.05) is 0 Å². The zero-order valence-corrected chi connectivity index (χ0v) is 12.2. The molecule has 0 amide bonds. The van der Waals surface area contributed by atoms with Crippen LogP contribution in [0.3, 0.4) is 0 Å². The lowest BCUT2D eigenvalue weighted by atomic mass is 9.91. The van der Waals surface area contributed by atoms with Gasteiger partial charge in [0.05, 0.1) is 5.60 Å². The number of hydrogen-bond donors (Lipinski definition) is 2. The van der Waals surface area contributed by atoms with Crippen LogP contribution in [0.4, 0.5) is 0 Å². The van der Waals surface area contributed by atoms with E-state index in [0.29, 0.717) is 5.92 Å². The minimum absolute atomic E-state index is 0.651. The molecule has 0 aliphatic rings. The highest BCUT2D eigenvalue weighted by molar-refractivity contribution is 5.27.